The molecule has 0 radical (unpaired) electrons. The number of hydrogen-bond donors (Lipinski definition) is 0. The van der Waals surface area contributed by atoms with Crippen LogP contribution in [-0.4, -0.2) is 36.2 Å². The highest BCUT2D eigenvalue weighted by Crippen LogP contribution is 2.43. The molecule has 0 saturated carbocycles. The van der Waals surface area contributed by atoms with Crippen LogP contribution < -0.4 is 21.1 Å². The summed E-state index contributed by atoms with van der Waals surface area (Å²) in [5.74, 6) is 4.15. The van der Waals surface area contributed by atoms with Gasteiger partial charge in [-0.2, -0.15) is 0 Å². The summed E-state index contributed by atoms with van der Waals surface area (Å²) < 4.78 is 9.69. The van der Waals surface area contributed by atoms with Crippen LogP contribution >= 0.6 is 0 Å². The molecule has 0 bridgehead atoms. The molecule has 2 aliphatic heterocycles. The third-order valence-corrected chi connectivity index (χ3v) is 15.5. The van der Waals surface area contributed by atoms with Crippen molar-refractivity contribution in [3.05, 3.63) is 247 Å². The van der Waals surface area contributed by atoms with Crippen LogP contribution in [0, 0.1) is 20.8 Å². The number of fused-ring (bicyclic) bond motifs is 7. The standard InChI is InChI=1S/C70H47BN6O/c1-42-33-43(2)64(44(3)34-42)51-30-32-62-56(37-51)71-57-38-53(70-75-68(48-25-15-7-16-26-48)74-69(76-70)49-27-17-8-18-28-49)36-55-54-35-50(59-41-58(46-21-11-5-12-22-46)72-67(73-59)47-23-13-6-14-24-47)29-31-60(54)77(66(55)57)61-39-52(40-63(78-62)65(61)71)45-19-9-4-10-20-45/h4-41H,1-3H3. The summed E-state index contributed by atoms with van der Waals surface area (Å²) >= 11 is 0. The number of hydrogen-bond acceptors (Lipinski definition) is 6. The van der Waals surface area contributed by atoms with Crippen molar-refractivity contribution in [1.82, 2.24) is 29.5 Å². The summed E-state index contributed by atoms with van der Waals surface area (Å²) in [7, 11) is 0. The van der Waals surface area contributed by atoms with Crippen molar-refractivity contribution in [2.75, 3.05) is 0 Å². The number of benzene rings is 10. The Labute approximate surface area is 452 Å². The third kappa shape index (κ3) is 7.55. The van der Waals surface area contributed by atoms with Gasteiger partial charge in [0.05, 0.1) is 16.9 Å². The topological polar surface area (TPSA) is 78.6 Å². The van der Waals surface area contributed by atoms with Crippen LogP contribution in [-0.2, 0) is 0 Å². The molecule has 0 aliphatic carbocycles. The van der Waals surface area contributed by atoms with Crippen LogP contribution in [0.4, 0.5) is 0 Å². The summed E-state index contributed by atoms with van der Waals surface area (Å²) in [4.78, 5) is 26.3. The van der Waals surface area contributed by atoms with Crippen molar-refractivity contribution in [2.24, 2.45) is 0 Å². The number of aromatic nitrogens is 6. The quantitative estimate of drug-likeness (QED) is 0.141. The van der Waals surface area contributed by atoms with Crippen molar-refractivity contribution in [2.45, 2.75) is 20.8 Å². The van der Waals surface area contributed by atoms with E-state index >= 15 is 0 Å². The predicted octanol–water partition coefficient (Wildman–Crippen LogP) is 15.0. The summed E-state index contributed by atoms with van der Waals surface area (Å²) in [6, 6.07) is 81.1. The van der Waals surface area contributed by atoms with Gasteiger partial charge in [-0.1, -0.05) is 194 Å². The van der Waals surface area contributed by atoms with Crippen LogP contribution in [0.15, 0.2) is 231 Å². The molecule has 78 heavy (non-hydrogen) atoms. The Balaban J connectivity index is 1.04. The molecule has 0 N–H and O–H groups in total. The van der Waals surface area contributed by atoms with Gasteiger partial charge in [-0.25, -0.2) is 24.9 Å². The highest BCUT2D eigenvalue weighted by molar-refractivity contribution is 6.99. The van der Waals surface area contributed by atoms with Crippen molar-refractivity contribution in [3.63, 3.8) is 0 Å². The normalized spacial score (nSPS) is 12.1. The van der Waals surface area contributed by atoms with Crippen molar-refractivity contribution in [1.29, 1.82) is 0 Å². The fourth-order valence-corrected chi connectivity index (χ4v) is 12.2. The highest BCUT2D eigenvalue weighted by Gasteiger charge is 2.42. The maximum absolute atomic E-state index is 7.21. The Bertz CT molecular complexity index is 4410. The van der Waals surface area contributed by atoms with Gasteiger partial charge in [-0.3, -0.25) is 0 Å². The Hall–Kier alpha value is -10.0. The first-order chi connectivity index (χ1) is 38.4. The average Bonchev–Trinajstić information content (AvgIpc) is 3.25. The van der Waals surface area contributed by atoms with Gasteiger partial charge in [0.25, 0.3) is 6.71 Å². The van der Waals surface area contributed by atoms with Gasteiger partial charge >= 0.3 is 0 Å². The zero-order valence-electron chi connectivity index (χ0n) is 43.1. The Morgan fingerprint density at radius 2 is 0.859 bits per heavy atom. The van der Waals surface area contributed by atoms with E-state index < -0.39 is 0 Å². The summed E-state index contributed by atoms with van der Waals surface area (Å²) in [5.41, 5.74) is 22.3. The minimum absolute atomic E-state index is 0.221. The maximum Gasteiger partial charge on any atom is 0.256 e. The fraction of sp³-hybridized carbons (Fsp3) is 0.0429. The molecular formula is C70H47BN6O. The lowest BCUT2D eigenvalue weighted by Crippen LogP contribution is -2.58. The molecule has 5 heterocycles. The predicted molar refractivity (Wildman–Crippen MR) is 319 cm³/mol. The van der Waals surface area contributed by atoms with Gasteiger partial charge in [0.15, 0.2) is 23.3 Å². The van der Waals surface area contributed by atoms with E-state index in [2.05, 4.69) is 195 Å². The lowest BCUT2D eigenvalue weighted by molar-refractivity contribution is 0.487. The molecular weight excluding hydrogens is 952 g/mol. The van der Waals surface area contributed by atoms with Gasteiger partial charge in [0.2, 0.25) is 0 Å². The minimum Gasteiger partial charge on any atom is -0.458 e. The Kier molecular flexibility index (Phi) is 10.5. The van der Waals surface area contributed by atoms with E-state index in [0.717, 1.165) is 117 Å². The molecule has 0 unspecified atom stereocenters. The summed E-state index contributed by atoms with van der Waals surface area (Å²) in [5, 5.41) is 2.15. The average molecular weight is 999 g/mol. The van der Waals surface area contributed by atoms with E-state index in [0.29, 0.717) is 23.3 Å². The number of nitrogens with zero attached hydrogens (tertiary/aromatic N) is 6. The molecule has 0 atom stereocenters. The van der Waals surface area contributed by atoms with Gasteiger partial charge in [-0.05, 0) is 113 Å². The van der Waals surface area contributed by atoms with Crippen molar-refractivity contribution >= 4 is 44.9 Å². The third-order valence-electron chi connectivity index (χ3n) is 15.5. The first-order valence-electron chi connectivity index (χ1n) is 26.5. The second-order valence-electron chi connectivity index (χ2n) is 20.6. The monoisotopic (exact) mass is 998 g/mol. The second-order valence-corrected chi connectivity index (χ2v) is 20.6. The molecule has 13 aromatic rings. The van der Waals surface area contributed by atoms with Crippen molar-refractivity contribution in [3.8, 4) is 108 Å². The first-order valence-corrected chi connectivity index (χ1v) is 26.5. The molecule has 2 aliphatic rings. The van der Waals surface area contributed by atoms with Crippen molar-refractivity contribution < 1.29 is 4.74 Å². The molecule has 366 valence electrons. The molecule has 7 nitrogen and oxygen atoms in total. The van der Waals surface area contributed by atoms with Gasteiger partial charge in [0.1, 0.15) is 11.5 Å². The fourth-order valence-electron chi connectivity index (χ4n) is 12.2. The highest BCUT2D eigenvalue weighted by atomic mass is 16.5. The van der Waals surface area contributed by atoms with E-state index in [1.165, 1.54) is 22.3 Å². The lowest BCUT2D eigenvalue weighted by atomic mass is 9.34. The molecule has 8 heteroatoms. The summed E-state index contributed by atoms with van der Waals surface area (Å²) in [6.45, 7) is 6.39. The van der Waals surface area contributed by atoms with Gasteiger partial charge < -0.3 is 9.30 Å². The molecule has 0 amide bonds. The van der Waals surface area contributed by atoms with Crippen LogP contribution in [0.2, 0.25) is 0 Å². The minimum atomic E-state index is -0.221. The summed E-state index contributed by atoms with van der Waals surface area (Å²) in [6.07, 6.45) is 0. The number of rotatable bonds is 8. The van der Waals surface area contributed by atoms with Crippen LogP contribution in [0.5, 0.6) is 11.5 Å². The number of ether oxygens (including phenoxy) is 1. The van der Waals surface area contributed by atoms with Gasteiger partial charge in [0, 0.05) is 55.4 Å². The molecule has 0 spiro atoms. The van der Waals surface area contributed by atoms with E-state index in [9.17, 15) is 0 Å². The molecule has 0 fully saturated rings. The largest absolute Gasteiger partial charge is 0.458 e. The lowest BCUT2D eigenvalue weighted by Gasteiger charge is -2.34. The van der Waals surface area contributed by atoms with E-state index in [1.54, 1.807) is 0 Å². The smallest absolute Gasteiger partial charge is 0.256 e. The first kappa shape index (κ1) is 45.4. The van der Waals surface area contributed by atoms with E-state index in [1.807, 2.05) is 60.7 Å². The zero-order valence-corrected chi connectivity index (χ0v) is 43.1. The second kappa shape index (κ2) is 18.1. The maximum atomic E-state index is 7.21. The molecule has 0 saturated heterocycles. The molecule has 10 aromatic carbocycles. The Morgan fingerprint density at radius 3 is 1.46 bits per heavy atom. The molecule has 15 rings (SSSR count). The Morgan fingerprint density at radius 1 is 0.359 bits per heavy atom. The number of aryl methyl sites for hydroxylation is 3. The van der Waals surface area contributed by atoms with Gasteiger partial charge in [-0.15, -0.1) is 0 Å². The van der Waals surface area contributed by atoms with E-state index in [-0.39, 0.29) is 6.71 Å². The zero-order chi connectivity index (χ0) is 52.0. The molecule has 3 aromatic heterocycles. The van der Waals surface area contributed by atoms with Crippen LogP contribution in [0.1, 0.15) is 16.7 Å². The van der Waals surface area contributed by atoms with E-state index in [4.69, 9.17) is 29.7 Å². The van der Waals surface area contributed by atoms with Crippen LogP contribution in [0.25, 0.3) is 118 Å². The van der Waals surface area contributed by atoms with Crippen LogP contribution in [0.3, 0.4) is 0 Å². The SMILES string of the molecule is Cc1cc(C)c(-c2ccc3c(c2)B2c4c(cc(-c5ccccc5)cc4-n4c5ccc(-c6cc(-c7ccccc7)nc(-c7ccccc7)n6)cc5c5cc(-c6nc(-c7ccccc7)nc(-c7ccccc7)n6)cc2c54)O3)c(C)c1.